The number of rotatable bonds is 3. The van der Waals surface area contributed by atoms with E-state index in [2.05, 4.69) is 22.3 Å². The summed E-state index contributed by atoms with van der Waals surface area (Å²) < 4.78 is 4.65. The lowest BCUT2D eigenvalue weighted by Crippen LogP contribution is -2.02. The summed E-state index contributed by atoms with van der Waals surface area (Å²) in [5, 5.41) is -0.0992. The molecule has 0 aliphatic carbocycles. The van der Waals surface area contributed by atoms with Crippen molar-refractivity contribution in [2.24, 2.45) is 0 Å². The van der Waals surface area contributed by atoms with Crippen molar-refractivity contribution in [1.29, 1.82) is 0 Å². The maximum Gasteiger partial charge on any atom is 0.337 e. The van der Waals surface area contributed by atoms with Gasteiger partial charge in [0.2, 0.25) is 0 Å². The minimum absolute atomic E-state index is 0.0992. The fourth-order valence-electron chi connectivity index (χ4n) is 1.63. The lowest BCUT2D eigenvalue weighted by atomic mass is 10.1. The van der Waals surface area contributed by atoms with Crippen LogP contribution < -0.4 is 0 Å². The number of nitrogens with zero attached hydrogens (tertiary/aromatic N) is 1. The molecule has 4 heteroatoms. The number of methoxy groups -OCH3 is 1. The second-order valence-corrected chi connectivity index (χ2v) is 4.29. The van der Waals surface area contributed by atoms with Crippen LogP contribution in [0.25, 0.3) is 0 Å². The Labute approximate surface area is 111 Å². The summed E-state index contributed by atoms with van der Waals surface area (Å²) in [4.78, 5) is 15.6. The number of pyridine rings is 1. The van der Waals surface area contributed by atoms with Crippen LogP contribution in [-0.4, -0.2) is 18.1 Å². The number of hydrogen-bond donors (Lipinski definition) is 1. The van der Waals surface area contributed by atoms with Crippen molar-refractivity contribution in [1.82, 2.24) is 4.98 Å². The highest BCUT2D eigenvalue weighted by molar-refractivity contribution is 7.80. The van der Waals surface area contributed by atoms with Gasteiger partial charge in [0, 0.05) is 6.20 Å². The molecule has 0 radical (unpaired) electrons. The molecule has 0 fully saturated rings. The Bertz CT molecular complexity index is 525. The third-order valence-corrected chi connectivity index (χ3v) is 3.18. The zero-order valence-electron chi connectivity index (χ0n) is 9.91. The van der Waals surface area contributed by atoms with Crippen LogP contribution in [-0.2, 0) is 4.74 Å². The maximum absolute atomic E-state index is 11.3. The van der Waals surface area contributed by atoms with Gasteiger partial charge >= 0.3 is 5.97 Å². The molecule has 0 saturated carbocycles. The fourth-order valence-corrected chi connectivity index (χ4v) is 1.95. The van der Waals surface area contributed by atoms with Crippen LogP contribution in [0.2, 0.25) is 0 Å². The van der Waals surface area contributed by atoms with E-state index < -0.39 is 0 Å². The number of ether oxygens (including phenoxy) is 1. The molecule has 92 valence electrons. The summed E-state index contributed by atoms with van der Waals surface area (Å²) in [6.07, 6.45) is 1.74. The third kappa shape index (κ3) is 2.71. The summed E-state index contributed by atoms with van der Waals surface area (Å²) in [5.41, 5.74) is 2.40. The zero-order chi connectivity index (χ0) is 13.0. The highest BCUT2D eigenvalue weighted by atomic mass is 32.1. The van der Waals surface area contributed by atoms with Gasteiger partial charge in [-0.2, -0.15) is 12.6 Å². The molecule has 1 heterocycles. The Morgan fingerprint density at radius 3 is 2.50 bits per heavy atom. The smallest absolute Gasteiger partial charge is 0.337 e. The van der Waals surface area contributed by atoms with Crippen molar-refractivity contribution in [2.45, 2.75) is 5.25 Å². The van der Waals surface area contributed by atoms with Crippen molar-refractivity contribution in [3.63, 3.8) is 0 Å². The third-order valence-electron chi connectivity index (χ3n) is 2.62. The lowest BCUT2D eigenvalue weighted by molar-refractivity contribution is 0.0600. The Morgan fingerprint density at radius 1 is 1.22 bits per heavy atom. The van der Waals surface area contributed by atoms with Gasteiger partial charge in [-0.3, -0.25) is 4.98 Å². The normalized spacial score (nSPS) is 11.9. The molecular weight excluding hydrogens is 246 g/mol. The number of esters is 1. The summed E-state index contributed by atoms with van der Waals surface area (Å²) in [6.45, 7) is 0. The average molecular weight is 259 g/mol. The van der Waals surface area contributed by atoms with Crippen molar-refractivity contribution < 1.29 is 9.53 Å². The highest BCUT2D eigenvalue weighted by Crippen LogP contribution is 2.26. The van der Waals surface area contributed by atoms with Crippen molar-refractivity contribution >= 4 is 18.6 Å². The van der Waals surface area contributed by atoms with Crippen LogP contribution >= 0.6 is 12.6 Å². The van der Waals surface area contributed by atoms with Crippen LogP contribution in [0.5, 0.6) is 0 Å². The van der Waals surface area contributed by atoms with E-state index >= 15 is 0 Å². The number of hydrogen-bond acceptors (Lipinski definition) is 4. The first-order valence-electron chi connectivity index (χ1n) is 5.49. The highest BCUT2D eigenvalue weighted by Gasteiger charge is 2.11. The van der Waals surface area contributed by atoms with Crippen molar-refractivity contribution in [3.8, 4) is 0 Å². The Hall–Kier alpha value is -1.81. The number of benzene rings is 1. The topological polar surface area (TPSA) is 39.2 Å². The Balaban J connectivity index is 2.22. The van der Waals surface area contributed by atoms with E-state index in [1.807, 2.05) is 30.3 Å². The monoisotopic (exact) mass is 259 g/mol. The minimum atomic E-state index is -0.338. The van der Waals surface area contributed by atoms with Gasteiger partial charge in [0.1, 0.15) is 0 Å². The summed E-state index contributed by atoms with van der Waals surface area (Å²) in [6, 6.07) is 12.9. The standard InChI is InChI=1S/C14H13NO2S/c1-17-14(16)11-7-5-10(6-8-11)13(18)12-4-2-3-9-15-12/h2-9,13,18H,1H3. The van der Waals surface area contributed by atoms with Crippen LogP contribution in [0, 0.1) is 0 Å². The molecule has 2 rings (SSSR count). The first-order chi connectivity index (χ1) is 8.72. The van der Waals surface area contributed by atoms with Gasteiger partial charge in [0.15, 0.2) is 0 Å². The molecule has 3 nitrogen and oxygen atoms in total. The SMILES string of the molecule is COC(=O)c1ccc(C(S)c2ccccn2)cc1. The Kier molecular flexibility index (Phi) is 3.99. The van der Waals surface area contributed by atoms with E-state index in [4.69, 9.17) is 0 Å². The molecular formula is C14H13NO2S. The lowest BCUT2D eigenvalue weighted by Gasteiger charge is -2.10. The second kappa shape index (κ2) is 5.69. The van der Waals surface area contributed by atoms with Gasteiger partial charge in [-0.15, -0.1) is 0 Å². The molecule has 1 aromatic heterocycles. The molecule has 0 aliphatic rings. The van der Waals surface area contributed by atoms with E-state index in [9.17, 15) is 4.79 Å². The van der Waals surface area contributed by atoms with E-state index in [0.29, 0.717) is 5.56 Å². The van der Waals surface area contributed by atoms with Gasteiger partial charge in [0.05, 0.1) is 23.6 Å². The van der Waals surface area contributed by atoms with E-state index in [1.165, 1.54) is 7.11 Å². The molecule has 0 spiro atoms. The van der Waals surface area contributed by atoms with Gasteiger partial charge in [-0.25, -0.2) is 4.79 Å². The predicted molar refractivity (Wildman–Crippen MR) is 72.8 cm³/mol. The number of carbonyl (C=O) groups excluding carboxylic acids is 1. The predicted octanol–water partition coefficient (Wildman–Crippen LogP) is 2.89. The average Bonchev–Trinajstić information content (AvgIpc) is 2.47. The molecule has 18 heavy (non-hydrogen) atoms. The molecule has 1 aromatic carbocycles. The molecule has 2 aromatic rings. The number of thiol groups is 1. The molecule has 0 N–H and O–H groups in total. The van der Waals surface area contributed by atoms with Gasteiger partial charge < -0.3 is 4.74 Å². The van der Waals surface area contributed by atoms with Crippen LogP contribution in [0.4, 0.5) is 0 Å². The molecule has 0 aliphatic heterocycles. The quantitative estimate of drug-likeness (QED) is 0.680. The zero-order valence-corrected chi connectivity index (χ0v) is 10.8. The summed E-state index contributed by atoms with van der Waals surface area (Å²) >= 11 is 4.54. The molecule has 0 amide bonds. The minimum Gasteiger partial charge on any atom is -0.465 e. The molecule has 0 saturated heterocycles. The maximum atomic E-state index is 11.3. The Morgan fingerprint density at radius 2 is 1.94 bits per heavy atom. The van der Waals surface area contributed by atoms with Crippen molar-refractivity contribution in [2.75, 3.05) is 7.11 Å². The van der Waals surface area contributed by atoms with E-state index in [1.54, 1.807) is 18.3 Å². The summed E-state index contributed by atoms with van der Waals surface area (Å²) in [7, 11) is 1.37. The van der Waals surface area contributed by atoms with Crippen molar-refractivity contribution in [3.05, 3.63) is 65.5 Å². The fraction of sp³-hybridized carbons (Fsp3) is 0.143. The van der Waals surface area contributed by atoms with E-state index in [0.717, 1.165) is 11.3 Å². The summed E-state index contributed by atoms with van der Waals surface area (Å²) in [5.74, 6) is -0.338. The van der Waals surface area contributed by atoms with Gasteiger partial charge in [-0.1, -0.05) is 18.2 Å². The molecule has 0 bridgehead atoms. The first kappa shape index (κ1) is 12.6. The first-order valence-corrected chi connectivity index (χ1v) is 6.01. The van der Waals surface area contributed by atoms with Gasteiger partial charge in [-0.05, 0) is 29.8 Å². The molecule has 1 unspecified atom stereocenters. The van der Waals surface area contributed by atoms with E-state index in [-0.39, 0.29) is 11.2 Å². The van der Waals surface area contributed by atoms with Crippen LogP contribution in [0.1, 0.15) is 26.9 Å². The van der Waals surface area contributed by atoms with Crippen LogP contribution in [0.15, 0.2) is 48.7 Å². The second-order valence-electron chi connectivity index (χ2n) is 3.77. The number of carbonyl (C=O) groups is 1. The molecule has 1 atom stereocenters. The van der Waals surface area contributed by atoms with Gasteiger partial charge in [0.25, 0.3) is 0 Å². The largest absolute Gasteiger partial charge is 0.465 e. The number of aromatic nitrogens is 1. The van der Waals surface area contributed by atoms with Crippen LogP contribution in [0.3, 0.4) is 0 Å².